The summed E-state index contributed by atoms with van der Waals surface area (Å²) in [6.07, 6.45) is 0.920. The first-order valence-corrected chi connectivity index (χ1v) is 14.9. The van der Waals surface area contributed by atoms with Gasteiger partial charge < -0.3 is 24.9 Å². The van der Waals surface area contributed by atoms with E-state index in [9.17, 15) is 29.0 Å². The molecule has 1 saturated heterocycles. The Labute approximate surface area is 237 Å². The first kappa shape index (κ1) is 28.1. The minimum atomic E-state index is -4.35. The van der Waals surface area contributed by atoms with Crippen LogP contribution in [0.2, 0.25) is 0 Å². The number of hydrogen-bond acceptors (Lipinski definition) is 4. The summed E-state index contributed by atoms with van der Waals surface area (Å²) in [6, 6.07) is 26.7. The lowest BCUT2D eigenvalue weighted by Crippen LogP contribution is -2.28. The van der Waals surface area contributed by atoms with Gasteiger partial charge in [-0.15, -0.1) is 0 Å². The SMILES string of the molecule is O=P(O)(O)c1ccc(-c2ccc([C@@H]3[C@H](CC[C@H](O)c4ccc(F)cc4)CC(=S)N3c3ccccc3)c(O)c2)cc1. The molecular weight excluding hydrogens is 548 g/mol. The number of phenols is 1. The average molecular weight is 578 g/mol. The predicted octanol–water partition coefficient (Wildman–Crippen LogP) is 6.41. The largest absolute Gasteiger partial charge is 0.508 e. The Morgan fingerprint density at radius 2 is 1.57 bits per heavy atom. The molecule has 0 spiro atoms. The average Bonchev–Trinajstić information content (AvgIpc) is 3.27. The molecule has 1 heterocycles. The maximum atomic E-state index is 13.4. The number of benzene rings is 4. The van der Waals surface area contributed by atoms with Gasteiger partial charge in [-0.3, -0.25) is 4.57 Å². The topological polar surface area (TPSA) is 101 Å². The summed E-state index contributed by atoms with van der Waals surface area (Å²) in [5.41, 5.74) is 3.67. The van der Waals surface area contributed by atoms with Gasteiger partial charge in [0.25, 0.3) is 0 Å². The molecule has 1 aliphatic heterocycles. The molecule has 9 heteroatoms. The summed E-state index contributed by atoms with van der Waals surface area (Å²) in [4.78, 5) is 21.6. The van der Waals surface area contributed by atoms with Gasteiger partial charge in [-0.25, -0.2) is 4.39 Å². The Bertz CT molecular complexity index is 1540. The van der Waals surface area contributed by atoms with Crippen molar-refractivity contribution in [1.29, 1.82) is 0 Å². The number of halogens is 1. The minimum Gasteiger partial charge on any atom is -0.508 e. The Morgan fingerprint density at radius 1 is 0.925 bits per heavy atom. The number of aliphatic hydroxyl groups excluding tert-OH is 1. The van der Waals surface area contributed by atoms with Crippen LogP contribution in [0.4, 0.5) is 10.1 Å². The van der Waals surface area contributed by atoms with Crippen molar-refractivity contribution in [1.82, 2.24) is 0 Å². The number of para-hydroxylation sites is 1. The van der Waals surface area contributed by atoms with Crippen LogP contribution in [-0.2, 0) is 4.57 Å². The lowest BCUT2D eigenvalue weighted by molar-refractivity contribution is 0.155. The third-order valence-electron chi connectivity index (χ3n) is 7.42. The van der Waals surface area contributed by atoms with Crippen molar-refractivity contribution in [2.75, 3.05) is 4.90 Å². The van der Waals surface area contributed by atoms with Gasteiger partial charge >= 0.3 is 7.60 Å². The van der Waals surface area contributed by atoms with E-state index in [0.29, 0.717) is 41.5 Å². The van der Waals surface area contributed by atoms with E-state index in [4.69, 9.17) is 12.2 Å². The van der Waals surface area contributed by atoms with E-state index in [1.807, 2.05) is 42.5 Å². The standard InChI is InChI=1S/C31H29FNO5PS/c32-24-12-6-21(7-13-24)28(34)17-11-23-19-30(40)33(25-4-2-1-3-5-25)31(23)27-16-10-22(18-29(27)35)20-8-14-26(15-9-20)39(36,37)38/h1-10,12-16,18,23,28,31,34-35H,11,17,19H2,(H2,36,37,38)/t23-,28+,31+/m1/s1. The Kier molecular flexibility index (Phi) is 8.17. The van der Waals surface area contributed by atoms with E-state index in [1.165, 1.54) is 24.3 Å². The van der Waals surface area contributed by atoms with Gasteiger partial charge in [0.05, 0.1) is 22.4 Å². The second-order valence-electron chi connectivity index (χ2n) is 10.0. The Morgan fingerprint density at radius 3 is 2.20 bits per heavy atom. The van der Waals surface area contributed by atoms with Gasteiger partial charge in [0, 0.05) is 17.7 Å². The molecule has 4 aromatic carbocycles. The molecule has 206 valence electrons. The molecule has 0 amide bonds. The van der Waals surface area contributed by atoms with Crippen molar-refractivity contribution >= 4 is 35.8 Å². The van der Waals surface area contributed by atoms with E-state index < -0.39 is 13.7 Å². The van der Waals surface area contributed by atoms with Gasteiger partial charge in [0.2, 0.25) is 0 Å². The number of thiocarbonyl (C=S) groups is 1. The van der Waals surface area contributed by atoms with Crippen molar-refractivity contribution < 1.29 is 29.0 Å². The quantitative estimate of drug-likeness (QED) is 0.142. The van der Waals surface area contributed by atoms with Crippen molar-refractivity contribution in [3.63, 3.8) is 0 Å². The lowest BCUT2D eigenvalue weighted by Gasteiger charge is -2.31. The van der Waals surface area contributed by atoms with Crippen LogP contribution in [0.1, 0.15) is 42.5 Å². The van der Waals surface area contributed by atoms with Crippen LogP contribution in [-0.4, -0.2) is 25.0 Å². The van der Waals surface area contributed by atoms with E-state index in [-0.39, 0.29) is 28.8 Å². The van der Waals surface area contributed by atoms with Crippen LogP contribution in [0.3, 0.4) is 0 Å². The predicted molar refractivity (Wildman–Crippen MR) is 158 cm³/mol. The summed E-state index contributed by atoms with van der Waals surface area (Å²) in [7, 11) is -4.35. The highest BCUT2D eigenvalue weighted by molar-refractivity contribution is 7.80. The zero-order valence-corrected chi connectivity index (χ0v) is 23.2. The van der Waals surface area contributed by atoms with Crippen molar-refractivity contribution in [2.45, 2.75) is 31.4 Å². The molecule has 0 saturated carbocycles. The second kappa shape index (κ2) is 11.6. The number of hydrogen-bond donors (Lipinski definition) is 4. The van der Waals surface area contributed by atoms with Crippen molar-refractivity contribution in [3.8, 4) is 16.9 Å². The zero-order valence-electron chi connectivity index (χ0n) is 21.5. The number of aliphatic hydroxyl groups is 1. The maximum absolute atomic E-state index is 13.4. The molecule has 0 radical (unpaired) electrons. The number of aromatic hydroxyl groups is 1. The third-order valence-corrected chi connectivity index (χ3v) is 8.75. The van der Waals surface area contributed by atoms with E-state index in [2.05, 4.69) is 4.90 Å². The number of anilines is 1. The Hall–Kier alpha value is -3.39. The van der Waals surface area contributed by atoms with Crippen LogP contribution in [0.15, 0.2) is 97.1 Å². The highest BCUT2D eigenvalue weighted by Crippen LogP contribution is 2.47. The summed E-state index contributed by atoms with van der Waals surface area (Å²) < 4.78 is 24.9. The van der Waals surface area contributed by atoms with Gasteiger partial charge in [0.15, 0.2) is 0 Å². The van der Waals surface area contributed by atoms with Crippen LogP contribution in [0.25, 0.3) is 11.1 Å². The van der Waals surface area contributed by atoms with Gasteiger partial charge in [-0.1, -0.05) is 66.8 Å². The van der Waals surface area contributed by atoms with Gasteiger partial charge in [0.1, 0.15) is 11.6 Å². The van der Waals surface area contributed by atoms with Gasteiger partial charge in [-0.2, -0.15) is 0 Å². The molecule has 0 bridgehead atoms. The molecule has 4 N–H and O–H groups in total. The summed E-state index contributed by atoms with van der Waals surface area (Å²) in [5.74, 6) is -0.273. The summed E-state index contributed by atoms with van der Waals surface area (Å²) in [6.45, 7) is 0. The third kappa shape index (κ3) is 6.02. The lowest BCUT2D eigenvalue weighted by atomic mass is 9.87. The number of nitrogens with zero attached hydrogens (tertiary/aromatic N) is 1. The monoisotopic (exact) mass is 577 g/mol. The molecule has 1 fully saturated rings. The molecular formula is C31H29FNO5PS. The molecule has 0 aliphatic carbocycles. The second-order valence-corrected chi connectivity index (χ2v) is 12.1. The van der Waals surface area contributed by atoms with Crippen LogP contribution < -0.4 is 10.2 Å². The minimum absolute atomic E-state index is 0.00194. The fourth-order valence-corrected chi connectivity index (χ4v) is 6.36. The highest BCUT2D eigenvalue weighted by Gasteiger charge is 2.40. The molecule has 3 atom stereocenters. The summed E-state index contributed by atoms with van der Waals surface area (Å²) >= 11 is 5.83. The Balaban J connectivity index is 1.45. The fourth-order valence-electron chi connectivity index (χ4n) is 5.39. The zero-order chi connectivity index (χ0) is 28.4. The molecule has 0 aromatic heterocycles. The van der Waals surface area contributed by atoms with Crippen molar-refractivity contribution in [3.05, 3.63) is 114 Å². The first-order chi connectivity index (χ1) is 19.1. The summed E-state index contributed by atoms with van der Waals surface area (Å²) in [5, 5.41) is 22.0. The van der Waals surface area contributed by atoms with Crippen LogP contribution >= 0.6 is 19.8 Å². The van der Waals surface area contributed by atoms with E-state index in [1.54, 1.807) is 30.3 Å². The van der Waals surface area contributed by atoms with Crippen molar-refractivity contribution in [2.24, 2.45) is 5.92 Å². The number of phenolic OH excluding ortho intramolecular Hbond substituents is 1. The van der Waals surface area contributed by atoms with Gasteiger partial charge in [-0.05, 0) is 77.9 Å². The maximum Gasteiger partial charge on any atom is 0.356 e. The van der Waals surface area contributed by atoms with Crippen LogP contribution in [0.5, 0.6) is 5.75 Å². The molecule has 0 unspecified atom stereocenters. The fraction of sp³-hybridized carbons (Fsp3) is 0.194. The highest BCUT2D eigenvalue weighted by atomic mass is 32.1. The molecule has 1 aliphatic rings. The normalized spacial score (nSPS) is 18.2. The number of rotatable bonds is 8. The van der Waals surface area contributed by atoms with E-state index >= 15 is 0 Å². The smallest absolute Gasteiger partial charge is 0.356 e. The molecule has 5 rings (SSSR count). The molecule has 40 heavy (non-hydrogen) atoms. The van der Waals surface area contributed by atoms with Crippen LogP contribution in [0, 0.1) is 11.7 Å². The van der Waals surface area contributed by atoms with E-state index in [0.717, 1.165) is 10.7 Å². The molecule has 6 nitrogen and oxygen atoms in total. The molecule has 4 aromatic rings. The first-order valence-electron chi connectivity index (χ1n) is 12.9.